The summed E-state index contributed by atoms with van der Waals surface area (Å²) in [6.45, 7) is 1.00. The van der Waals surface area contributed by atoms with Crippen LogP contribution >= 0.6 is 11.6 Å². The van der Waals surface area contributed by atoms with Crippen LogP contribution in [0, 0.1) is 0 Å². The van der Waals surface area contributed by atoms with Gasteiger partial charge in [0, 0.05) is 0 Å². The lowest BCUT2D eigenvalue weighted by Gasteiger charge is -2.25. The maximum absolute atomic E-state index is 11.5. The van der Waals surface area contributed by atoms with Crippen molar-refractivity contribution in [3.05, 3.63) is 29.3 Å². The van der Waals surface area contributed by atoms with Crippen LogP contribution in [0.25, 0.3) is 0 Å². The summed E-state index contributed by atoms with van der Waals surface area (Å²) >= 11 is 5.97. The number of carbonyl (C=O) groups excluding carboxylic acids is 1. The minimum absolute atomic E-state index is 0.214. The first-order chi connectivity index (χ1) is 8.14. The number of amides is 1. The van der Waals surface area contributed by atoms with E-state index in [1.54, 1.807) is 12.1 Å². The van der Waals surface area contributed by atoms with Crippen molar-refractivity contribution in [3.8, 4) is 5.75 Å². The molecule has 1 fully saturated rings. The minimum Gasteiger partial charge on any atom is -0.490 e. The van der Waals surface area contributed by atoms with E-state index in [1.165, 1.54) is 0 Å². The average Bonchev–Trinajstić information content (AvgIpc) is 2.78. The third kappa shape index (κ3) is 2.53. The maximum Gasteiger partial charge on any atom is 0.241 e. The number of ether oxygens (including phenoxy) is 1. The molecule has 1 atom stereocenters. The second kappa shape index (κ2) is 4.94. The highest BCUT2D eigenvalue weighted by atomic mass is 35.5. The van der Waals surface area contributed by atoms with Crippen molar-refractivity contribution in [3.63, 3.8) is 0 Å². The quantitative estimate of drug-likeness (QED) is 0.852. The van der Waals surface area contributed by atoms with Gasteiger partial charge < -0.3 is 15.8 Å². The molecule has 4 nitrogen and oxygen atoms in total. The van der Waals surface area contributed by atoms with Gasteiger partial charge in [-0.15, -0.1) is 0 Å². The molecule has 2 rings (SSSR count). The van der Waals surface area contributed by atoms with Gasteiger partial charge in [0.15, 0.2) is 0 Å². The Bertz CT molecular complexity index is 417. The predicted octanol–water partition coefficient (Wildman–Crippen LogP) is 1.33. The van der Waals surface area contributed by atoms with Crippen LogP contribution in [0.15, 0.2) is 24.3 Å². The Labute approximate surface area is 105 Å². The number of hydrogen-bond acceptors (Lipinski definition) is 3. The molecule has 1 aliphatic rings. The van der Waals surface area contributed by atoms with E-state index in [-0.39, 0.29) is 12.5 Å². The zero-order chi connectivity index (χ0) is 12.3. The highest BCUT2D eigenvalue weighted by molar-refractivity contribution is 6.32. The number of nitrogens with two attached hydrogens (primary N) is 1. The molecule has 1 aliphatic heterocycles. The fourth-order valence-corrected chi connectivity index (χ4v) is 2.16. The van der Waals surface area contributed by atoms with Crippen molar-refractivity contribution in [2.75, 3.05) is 13.2 Å². The lowest BCUT2D eigenvalue weighted by atomic mass is 9.98. The molecule has 1 aromatic carbocycles. The smallest absolute Gasteiger partial charge is 0.241 e. The van der Waals surface area contributed by atoms with Crippen LogP contribution in [0.5, 0.6) is 5.75 Å². The van der Waals surface area contributed by atoms with Crippen molar-refractivity contribution in [2.24, 2.45) is 5.73 Å². The van der Waals surface area contributed by atoms with Crippen LogP contribution in [0.2, 0.25) is 5.02 Å². The number of primary amides is 1. The van der Waals surface area contributed by atoms with Crippen molar-refractivity contribution >= 4 is 17.5 Å². The van der Waals surface area contributed by atoms with Gasteiger partial charge in [0.1, 0.15) is 17.9 Å². The van der Waals surface area contributed by atoms with Crippen LogP contribution in [0.3, 0.4) is 0 Å². The van der Waals surface area contributed by atoms with Gasteiger partial charge in [-0.05, 0) is 31.5 Å². The summed E-state index contributed by atoms with van der Waals surface area (Å²) in [5, 5.41) is 3.65. The second-order valence-electron chi connectivity index (χ2n) is 4.20. The van der Waals surface area contributed by atoms with Gasteiger partial charge in [-0.25, -0.2) is 0 Å². The molecule has 1 amide bonds. The first-order valence-electron chi connectivity index (χ1n) is 5.56. The van der Waals surface area contributed by atoms with E-state index in [0.29, 0.717) is 17.2 Å². The van der Waals surface area contributed by atoms with E-state index in [4.69, 9.17) is 22.1 Å². The van der Waals surface area contributed by atoms with Crippen molar-refractivity contribution in [2.45, 2.75) is 18.4 Å². The number of nitrogens with one attached hydrogen (secondary N) is 1. The molecule has 92 valence electrons. The van der Waals surface area contributed by atoms with Gasteiger partial charge in [0.05, 0.1) is 5.02 Å². The molecule has 1 heterocycles. The summed E-state index contributed by atoms with van der Waals surface area (Å²) in [6.07, 6.45) is 1.63. The van der Waals surface area contributed by atoms with E-state index in [2.05, 4.69) is 5.32 Å². The fraction of sp³-hybridized carbons (Fsp3) is 0.417. The zero-order valence-electron chi connectivity index (χ0n) is 9.41. The molecule has 0 spiro atoms. The number of rotatable bonds is 4. The predicted molar refractivity (Wildman–Crippen MR) is 66.1 cm³/mol. The van der Waals surface area contributed by atoms with Crippen LogP contribution < -0.4 is 15.8 Å². The third-order valence-electron chi connectivity index (χ3n) is 3.03. The van der Waals surface area contributed by atoms with E-state index in [0.717, 1.165) is 13.0 Å². The van der Waals surface area contributed by atoms with Crippen LogP contribution in [-0.2, 0) is 4.79 Å². The van der Waals surface area contributed by atoms with E-state index in [9.17, 15) is 4.79 Å². The molecular weight excluding hydrogens is 240 g/mol. The number of benzene rings is 1. The first kappa shape index (κ1) is 12.2. The number of hydrogen-bond donors (Lipinski definition) is 2. The summed E-state index contributed by atoms with van der Waals surface area (Å²) in [5.74, 6) is 0.200. The van der Waals surface area contributed by atoms with E-state index < -0.39 is 5.54 Å². The molecule has 0 aliphatic carbocycles. The molecular formula is C12H15ClN2O2. The van der Waals surface area contributed by atoms with E-state index in [1.807, 2.05) is 12.1 Å². The van der Waals surface area contributed by atoms with Gasteiger partial charge >= 0.3 is 0 Å². The highest BCUT2D eigenvalue weighted by Crippen LogP contribution is 2.26. The van der Waals surface area contributed by atoms with Crippen molar-refractivity contribution in [1.29, 1.82) is 0 Å². The monoisotopic (exact) mass is 254 g/mol. The van der Waals surface area contributed by atoms with Gasteiger partial charge in [0.25, 0.3) is 0 Å². The lowest BCUT2D eigenvalue weighted by Crippen LogP contribution is -2.55. The normalized spacial score (nSPS) is 23.6. The molecule has 1 saturated heterocycles. The van der Waals surface area contributed by atoms with Gasteiger partial charge in [-0.2, -0.15) is 0 Å². The summed E-state index contributed by atoms with van der Waals surface area (Å²) in [6, 6.07) is 7.18. The second-order valence-corrected chi connectivity index (χ2v) is 4.60. The standard InChI is InChI=1S/C12H15ClN2O2/c13-9-4-1-2-5-10(9)17-8-12(11(14)16)6-3-7-15-12/h1-2,4-5,15H,3,6-8H2,(H2,14,16). The SMILES string of the molecule is NC(=O)C1(COc2ccccc2Cl)CCCN1. The van der Waals surface area contributed by atoms with Crippen LogP contribution in [0.4, 0.5) is 0 Å². The molecule has 0 radical (unpaired) electrons. The molecule has 1 aromatic rings. The summed E-state index contributed by atoms with van der Waals surface area (Å²) in [7, 11) is 0. The number of halogens is 1. The Morgan fingerprint density at radius 2 is 2.29 bits per heavy atom. The molecule has 0 bridgehead atoms. The first-order valence-corrected chi connectivity index (χ1v) is 5.94. The Hall–Kier alpha value is -1.26. The zero-order valence-corrected chi connectivity index (χ0v) is 10.2. The van der Waals surface area contributed by atoms with Crippen LogP contribution in [0.1, 0.15) is 12.8 Å². The Kier molecular flexibility index (Phi) is 3.54. The van der Waals surface area contributed by atoms with Gasteiger partial charge in [-0.3, -0.25) is 4.79 Å². The van der Waals surface area contributed by atoms with Crippen molar-refractivity contribution < 1.29 is 9.53 Å². The Morgan fingerprint density at radius 1 is 1.53 bits per heavy atom. The van der Waals surface area contributed by atoms with Crippen molar-refractivity contribution in [1.82, 2.24) is 5.32 Å². The average molecular weight is 255 g/mol. The molecule has 0 aromatic heterocycles. The maximum atomic E-state index is 11.5. The molecule has 17 heavy (non-hydrogen) atoms. The van der Waals surface area contributed by atoms with E-state index >= 15 is 0 Å². The third-order valence-corrected chi connectivity index (χ3v) is 3.34. The van der Waals surface area contributed by atoms with Crippen LogP contribution in [-0.4, -0.2) is 24.6 Å². The minimum atomic E-state index is -0.751. The molecule has 5 heteroatoms. The Balaban J connectivity index is 2.06. The summed E-state index contributed by atoms with van der Waals surface area (Å²) in [5.41, 5.74) is 4.67. The highest BCUT2D eigenvalue weighted by Gasteiger charge is 2.40. The summed E-state index contributed by atoms with van der Waals surface area (Å²) in [4.78, 5) is 11.5. The Morgan fingerprint density at radius 3 is 2.88 bits per heavy atom. The topological polar surface area (TPSA) is 64.4 Å². The molecule has 1 unspecified atom stereocenters. The summed E-state index contributed by atoms with van der Waals surface area (Å²) < 4.78 is 5.59. The molecule has 0 saturated carbocycles. The number of para-hydroxylation sites is 1. The largest absolute Gasteiger partial charge is 0.490 e. The van der Waals surface area contributed by atoms with Gasteiger partial charge in [-0.1, -0.05) is 23.7 Å². The van der Waals surface area contributed by atoms with Gasteiger partial charge in [0.2, 0.25) is 5.91 Å². The fourth-order valence-electron chi connectivity index (χ4n) is 1.97. The number of carbonyl (C=O) groups is 1. The lowest BCUT2D eigenvalue weighted by molar-refractivity contribution is -0.125. The molecule has 3 N–H and O–H groups in total.